The van der Waals surface area contributed by atoms with E-state index in [2.05, 4.69) is 20.0 Å². The molecule has 1 amide bonds. The van der Waals surface area contributed by atoms with Gasteiger partial charge in [0.05, 0.1) is 17.5 Å². The van der Waals surface area contributed by atoms with E-state index >= 15 is 0 Å². The van der Waals surface area contributed by atoms with Gasteiger partial charge in [-0.15, -0.1) is 0 Å². The minimum absolute atomic E-state index is 0.123. The second-order valence-corrected chi connectivity index (χ2v) is 10.7. The average molecular weight is 583 g/mol. The highest BCUT2D eigenvalue weighted by molar-refractivity contribution is 5.95. The molecule has 0 atom stereocenters. The number of hydrogen-bond acceptors (Lipinski definition) is 10. The van der Waals surface area contributed by atoms with Crippen molar-refractivity contribution in [1.29, 1.82) is 0 Å². The van der Waals surface area contributed by atoms with Crippen molar-refractivity contribution in [1.82, 2.24) is 34.3 Å². The Hall–Kier alpha value is -4.30. The zero-order valence-electron chi connectivity index (χ0n) is 24.3. The first-order chi connectivity index (χ1) is 20.1. The van der Waals surface area contributed by atoms with Gasteiger partial charge in [-0.1, -0.05) is 0 Å². The summed E-state index contributed by atoms with van der Waals surface area (Å²) in [7, 11) is 7.31. The minimum atomic E-state index is -0.853. The Morgan fingerprint density at radius 1 is 1.00 bits per heavy atom. The lowest BCUT2D eigenvalue weighted by molar-refractivity contribution is 0.0781. The molecule has 1 aliphatic heterocycles. The first kappa shape index (κ1) is 29.2. The van der Waals surface area contributed by atoms with E-state index in [4.69, 9.17) is 10.2 Å². The van der Waals surface area contributed by atoms with Crippen LogP contribution in [-0.2, 0) is 0 Å². The number of hydrogen-bond donors (Lipinski definition) is 1. The van der Waals surface area contributed by atoms with Crippen molar-refractivity contribution in [2.45, 2.75) is 0 Å². The molecular weight excluding hydrogens is 546 g/mol. The van der Waals surface area contributed by atoms with Gasteiger partial charge in [0.2, 0.25) is 11.9 Å². The van der Waals surface area contributed by atoms with E-state index in [0.29, 0.717) is 68.9 Å². The second kappa shape index (κ2) is 12.3. The lowest BCUT2D eigenvalue weighted by Crippen LogP contribution is -2.48. The molecule has 224 valence electrons. The number of anilines is 3. The van der Waals surface area contributed by atoms with Gasteiger partial charge in [0.25, 0.3) is 5.91 Å². The third-order valence-electron chi connectivity index (χ3n) is 7.41. The monoisotopic (exact) mass is 582 g/mol. The summed E-state index contributed by atoms with van der Waals surface area (Å²) in [6.45, 7) is 4.86. The van der Waals surface area contributed by atoms with Crippen molar-refractivity contribution in [2.75, 3.05) is 96.1 Å². The van der Waals surface area contributed by atoms with Crippen LogP contribution in [0, 0.1) is 11.6 Å². The van der Waals surface area contributed by atoms with Gasteiger partial charge in [-0.3, -0.25) is 9.69 Å². The van der Waals surface area contributed by atoms with Crippen LogP contribution in [0.5, 0.6) is 0 Å². The van der Waals surface area contributed by atoms with Crippen LogP contribution in [0.4, 0.5) is 26.4 Å². The molecule has 5 rings (SSSR count). The zero-order valence-corrected chi connectivity index (χ0v) is 24.3. The smallest absolute Gasteiger partial charge is 0.256 e. The fraction of sp³-hybridized carbons (Fsp3) is 0.429. The largest absolute Gasteiger partial charge is 0.463 e. The van der Waals surface area contributed by atoms with E-state index in [1.165, 1.54) is 15.5 Å². The molecule has 1 aromatic carbocycles. The Morgan fingerprint density at radius 2 is 1.76 bits per heavy atom. The van der Waals surface area contributed by atoms with Crippen LogP contribution in [0.1, 0.15) is 10.4 Å². The fourth-order valence-corrected chi connectivity index (χ4v) is 4.82. The lowest BCUT2D eigenvalue weighted by atomic mass is 10.1. The Morgan fingerprint density at radius 3 is 2.45 bits per heavy atom. The summed E-state index contributed by atoms with van der Waals surface area (Å²) in [5, 5.41) is 4.43. The number of amides is 1. The minimum Gasteiger partial charge on any atom is -0.463 e. The molecule has 14 heteroatoms. The molecule has 1 fully saturated rings. The van der Waals surface area contributed by atoms with E-state index in [1.807, 2.05) is 41.9 Å². The first-order valence-corrected chi connectivity index (χ1v) is 13.8. The van der Waals surface area contributed by atoms with Gasteiger partial charge in [-0.05, 0) is 32.3 Å². The zero-order chi connectivity index (χ0) is 30.0. The van der Waals surface area contributed by atoms with Gasteiger partial charge in [0.1, 0.15) is 17.3 Å². The van der Waals surface area contributed by atoms with Crippen LogP contribution in [0.15, 0.2) is 41.0 Å². The number of nitrogen functional groups attached to an aromatic ring is 1. The molecule has 0 radical (unpaired) electrons. The molecule has 42 heavy (non-hydrogen) atoms. The quantitative estimate of drug-likeness (QED) is 0.298. The highest BCUT2D eigenvalue weighted by atomic mass is 19.1. The molecule has 4 aromatic rings. The number of piperazine rings is 1. The van der Waals surface area contributed by atoms with Gasteiger partial charge < -0.3 is 29.8 Å². The van der Waals surface area contributed by atoms with Crippen molar-refractivity contribution < 1.29 is 18.0 Å². The SMILES string of the molecule is CN(C)CCN(C)C(=O)c1cc(N2CCN(CCN(C)c3nc(N)n4nc(-c5ccco5)cc4n3)CC2)c(F)cc1F. The normalized spacial score (nSPS) is 14.2. The third kappa shape index (κ3) is 6.29. The standard InChI is InChI=1S/C28H36F2N10O2/c1-35(2)7-8-36(3)26(41)19-16-23(21(30)17-20(19)29)39-13-11-38(12-14-39)10-9-37(4)28-32-25-18-22(24-6-5-15-42-24)34-40(25)27(31)33-28/h5-6,15-18H,7-14H2,1-4H3,(H2,31,32,33). The molecular formula is C28H36F2N10O2. The maximum absolute atomic E-state index is 14.8. The van der Waals surface area contributed by atoms with E-state index < -0.39 is 17.5 Å². The highest BCUT2D eigenvalue weighted by Crippen LogP contribution is 2.26. The molecule has 0 saturated carbocycles. The summed E-state index contributed by atoms with van der Waals surface area (Å²) >= 11 is 0. The number of carbonyl (C=O) groups excluding carboxylic acids is 1. The summed E-state index contributed by atoms with van der Waals surface area (Å²) in [6, 6.07) is 7.55. The van der Waals surface area contributed by atoms with Gasteiger partial charge >= 0.3 is 0 Å². The Bertz CT molecular complexity index is 1530. The number of likely N-dealkylation sites (N-methyl/N-ethyl adjacent to an activating group) is 3. The Labute approximate surface area is 242 Å². The number of nitrogens with two attached hydrogens (primary N) is 1. The number of furan rings is 1. The van der Waals surface area contributed by atoms with Crippen molar-refractivity contribution in [3.05, 3.63) is 53.8 Å². The summed E-state index contributed by atoms with van der Waals surface area (Å²) in [5.41, 5.74) is 7.46. The van der Waals surface area contributed by atoms with Gasteiger partial charge in [-0.2, -0.15) is 19.6 Å². The predicted octanol–water partition coefficient (Wildman–Crippen LogP) is 2.14. The van der Waals surface area contributed by atoms with Crippen molar-refractivity contribution in [3.63, 3.8) is 0 Å². The van der Waals surface area contributed by atoms with Gasteiger partial charge in [-0.25, -0.2) is 8.78 Å². The van der Waals surface area contributed by atoms with Gasteiger partial charge in [0.15, 0.2) is 11.4 Å². The van der Waals surface area contributed by atoms with E-state index in [-0.39, 0.29) is 17.2 Å². The predicted molar refractivity (Wildman–Crippen MR) is 157 cm³/mol. The van der Waals surface area contributed by atoms with Crippen LogP contribution < -0.4 is 15.5 Å². The van der Waals surface area contributed by atoms with Crippen LogP contribution in [0.3, 0.4) is 0 Å². The number of aromatic nitrogens is 4. The maximum Gasteiger partial charge on any atom is 0.256 e. The fourth-order valence-electron chi connectivity index (χ4n) is 4.82. The number of nitrogens with zero attached hydrogens (tertiary/aromatic N) is 9. The molecule has 4 heterocycles. The molecule has 12 nitrogen and oxygen atoms in total. The number of rotatable bonds is 10. The van der Waals surface area contributed by atoms with E-state index in [9.17, 15) is 13.6 Å². The number of halogens is 2. The molecule has 0 aliphatic carbocycles. The molecule has 0 spiro atoms. The molecule has 2 N–H and O–H groups in total. The van der Waals surface area contributed by atoms with Crippen LogP contribution >= 0.6 is 0 Å². The molecule has 0 unspecified atom stereocenters. The average Bonchev–Trinajstić information content (AvgIpc) is 3.65. The molecule has 3 aromatic heterocycles. The van der Waals surface area contributed by atoms with Crippen LogP contribution in [-0.4, -0.2) is 121 Å². The molecule has 0 bridgehead atoms. The Balaban J connectivity index is 1.18. The van der Waals surface area contributed by atoms with Crippen molar-refractivity contribution >= 4 is 29.1 Å². The first-order valence-electron chi connectivity index (χ1n) is 13.8. The van der Waals surface area contributed by atoms with Crippen LogP contribution in [0.25, 0.3) is 17.1 Å². The topological polar surface area (TPSA) is 116 Å². The van der Waals surface area contributed by atoms with Crippen LogP contribution in [0.2, 0.25) is 0 Å². The summed E-state index contributed by atoms with van der Waals surface area (Å²) < 4.78 is 36.3. The summed E-state index contributed by atoms with van der Waals surface area (Å²) in [6.07, 6.45) is 1.58. The van der Waals surface area contributed by atoms with Crippen molar-refractivity contribution in [3.8, 4) is 11.5 Å². The van der Waals surface area contributed by atoms with E-state index in [0.717, 1.165) is 12.6 Å². The maximum atomic E-state index is 14.8. The van der Waals surface area contributed by atoms with Crippen molar-refractivity contribution in [2.24, 2.45) is 0 Å². The molecule has 1 saturated heterocycles. The second-order valence-electron chi connectivity index (χ2n) is 10.7. The number of benzene rings is 1. The van der Waals surface area contributed by atoms with E-state index in [1.54, 1.807) is 25.4 Å². The summed E-state index contributed by atoms with van der Waals surface area (Å²) in [4.78, 5) is 31.3. The Kier molecular flexibility index (Phi) is 8.54. The van der Waals surface area contributed by atoms with Gasteiger partial charge in [0, 0.05) is 78.6 Å². The summed E-state index contributed by atoms with van der Waals surface area (Å²) in [5.74, 6) is -0.680. The third-order valence-corrected chi connectivity index (χ3v) is 7.41. The molecule has 1 aliphatic rings. The number of fused-ring (bicyclic) bond motifs is 1. The number of carbonyl (C=O) groups is 1. The highest BCUT2D eigenvalue weighted by Gasteiger charge is 2.25. The lowest BCUT2D eigenvalue weighted by Gasteiger charge is -2.37.